The first-order chi connectivity index (χ1) is 12.5. The van der Waals surface area contributed by atoms with Crippen LogP contribution in [0, 0.1) is 0 Å². The molecule has 0 radical (unpaired) electrons. The highest BCUT2D eigenvalue weighted by atomic mass is 16.4. The van der Waals surface area contributed by atoms with Gasteiger partial charge in [0.15, 0.2) is 0 Å². The van der Waals surface area contributed by atoms with Crippen LogP contribution in [0.5, 0.6) is 0 Å². The standard InChI is InChI=1S/C20H12N2O4/c23-19(24)13-9-17(21-15-7-3-1-5-11(13)15)18-10-14(20(25)26)12-6-2-4-8-16(12)22-18/h1-10H,(H,23,24)(H,25,26)/p-2. The van der Waals surface area contributed by atoms with Gasteiger partial charge in [0, 0.05) is 21.9 Å². The SMILES string of the molecule is O=C([O-])c1cc(-c2cc(C(=O)[O-])c3ccccc3n2)nc2ccccc12. The van der Waals surface area contributed by atoms with Crippen LogP contribution in [0.2, 0.25) is 0 Å². The lowest BCUT2D eigenvalue weighted by Crippen LogP contribution is -2.23. The topological polar surface area (TPSA) is 106 Å². The maximum Gasteiger partial charge on any atom is 0.0901 e. The molecule has 26 heavy (non-hydrogen) atoms. The molecule has 2 aromatic heterocycles. The summed E-state index contributed by atoms with van der Waals surface area (Å²) >= 11 is 0. The number of hydrogen-bond acceptors (Lipinski definition) is 6. The van der Waals surface area contributed by atoms with Gasteiger partial charge in [0.25, 0.3) is 0 Å². The quantitative estimate of drug-likeness (QED) is 0.553. The fourth-order valence-corrected chi connectivity index (χ4v) is 2.95. The summed E-state index contributed by atoms with van der Waals surface area (Å²) in [6, 6.07) is 16.2. The van der Waals surface area contributed by atoms with Crippen molar-refractivity contribution in [2.45, 2.75) is 0 Å². The number of rotatable bonds is 3. The zero-order chi connectivity index (χ0) is 18.3. The van der Waals surface area contributed by atoms with Gasteiger partial charge in [-0.1, -0.05) is 36.4 Å². The summed E-state index contributed by atoms with van der Waals surface area (Å²) in [5, 5.41) is 23.9. The molecule has 6 heteroatoms. The van der Waals surface area contributed by atoms with E-state index in [1.165, 1.54) is 12.1 Å². The van der Waals surface area contributed by atoms with Gasteiger partial charge in [-0.25, -0.2) is 9.97 Å². The second-order valence-corrected chi connectivity index (χ2v) is 5.72. The Hall–Kier alpha value is -3.80. The van der Waals surface area contributed by atoms with Crippen molar-refractivity contribution in [2.24, 2.45) is 0 Å². The van der Waals surface area contributed by atoms with Crippen molar-refractivity contribution in [1.82, 2.24) is 9.97 Å². The number of carbonyl (C=O) groups excluding carboxylic acids is 2. The molecule has 0 fully saturated rings. The number of nitrogens with zero attached hydrogens (tertiary/aromatic N) is 2. The van der Waals surface area contributed by atoms with Crippen LogP contribution >= 0.6 is 0 Å². The van der Waals surface area contributed by atoms with E-state index in [0.29, 0.717) is 21.8 Å². The first-order valence-corrected chi connectivity index (χ1v) is 7.77. The third kappa shape index (κ3) is 2.53. The molecule has 4 rings (SSSR count). The van der Waals surface area contributed by atoms with Crippen molar-refractivity contribution < 1.29 is 19.8 Å². The number of carbonyl (C=O) groups is 2. The van der Waals surface area contributed by atoms with Crippen molar-refractivity contribution in [3.8, 4) is 11.4 Å². The van der Waals surface area contributed by atoms with Crippen LogP contribution in [0.4, 0.5) is 0 Å². The summed E-state index contributed by atoms with van der Waals surface area (Å²) in [6.07, 6.45) is 0. The largest absolute Gasteiger partial charge is 0.545 e. The zero-order valence-corrected chi connectivity index (χ0v) is 13.3. The lowest BCUT2D eigenvalue weighted by Gasteiger charge is -2.13. The van der Waals surface area contributed by atoms with Crippen molar-refractivity contribution in [3.63, 3.8) is 0 Å². The van der Waals surface area contributed by atoms with Gasteiger partial charge in [-0.3, -0.25) is 0 Å². The molecule has 0 spiro atoms. The number of aromatic nitrogens is 2. The van der Waals surface area contributed by atoms with E-state index in [1.807, 2.05) is 0 Å². The van der Waals surface area contributed by atoms with Gasteiger partial charge in [-0.15, -0.1) is 0 Å². The van der Waals surface area contributed by atoms with E-state index in [4.69, 9.17) is 0 Å². The molecule has 0 N–H and O–H groups in total. The molecule has 0 saturated carbocycles. The minimum Gasteiger partial charge on any atom is -0.545 e. The number of benzene rings is 2. The van der Waals surface area contributed by atoms with Crippen LogP contribution in [-0.2, 0) is 0 Å². The maximum atomic E-state index is 11.5. The predicted octanol–water partition coefficient (Wildman–Crippen LogP) is 1.18. The van der Waals surface area contributed by atoms with Gasteiger partial charge < -0.3 is 19.8 Å². The Labute approximate surface area is 147 Å². The molecular formula is C20H10N2O4-2. The number of pyridine rings is 2. The molecule has 0 unspecified atom stereocenters. The molecule has 2 heterocycles. The maximum absolute atomic E-state index is 11.5. The van der Waals surface area contributed by atoms with Crippen LogP contribution in [0.3, 0.4) is 0 Å². The van der Waals surface area contributed by atoms with Crippen molar-refractivity contribution in [1.29, 1.82) is 0 Å². The van der Waals surface area contributed by atoms with Crippen molar-refractivity contribution >= 4 is 33.7 Å². The molecular weight excluding hydrogens is 332 g/mol. The van der Waals surface area contributed by atoms with Crippen molar-refractivity contribution in [2.75, 3.05) is 0 Å². The van der Waals surface area contributed by atoms with Crippen LogP contribution < -0.4 is 10.2 Å². The average molecular weight is 342 g/mol. The van der Waals surface area contributed by atoms with E-state index in [2.05, 4.69) is 9.97 Å². The Balaban J connectivity index is 2.04. The Morgan fingerprint density at radius 3 is 1.42 bits per heavy atom. The van der Waals surface area contributed by atoms with E-state index in [9.17, 15) is 19.8 Å². The fourth-order valence-electron chi connectivity index (χ4n) is 2.95. The molecule has 6 nitrogen and oxygen atoms in total. The van der Waals surface area contributed by atoms with Gasteiger partial charge in [0.05, 0.1) is 34.4 Å². The van der Waals surface area contributed by atoms with Gasteiger partial charge in [0.1, 0.15) is 0 Å². The van der Waals surface area contributed by atoms with Crippen LogP contribution in [0.15, 0.2) is 60.7 Å². The summed E-state index contributed by atoms with van der Waals surface area (Å²) in [5.74, 6) is -2.68. The highest BCUT2D eigenvalue weighted by Gasteiger charge is 2.12. The minimum absolute atomic E-state index is 0.0319. The molecule has 0 amide bonds. The molecule has 0 saturated heterocycles. The number of carboxylic acids is 2. The molecule has 0 aliphatic heterocycles. The summed E-state index contributed by atoms with van der Waals surface area (Å²) in [6.45, 7) is 0. The number of hydrogen-bond donors (Lipinski definition) is 0. The highest BCUT2D eigenvalue weighted by molar-refractivity contribution is 6.04. The van der Waals surface area contributed by atoms with E-state index in [-0.39, 0.29) is 22.5 Å². The zero-order valence-electron chi connectivity index (χ0n) is 13.3. The molecule has 4 aromatic rings. The van der Waals surface area contributed by atoms with Crippen molar-refractivity contribution in [3.05, 3.63) is 71.8 Å². The summed E-state index contributed by atoms with van der Waals surface area (Å²) in [4.78, 5) is 31.9. The number of fused-ring (bicyclic) bond motifs is 2. The predicted molar refractivity (Wildman–Crippen MR) is 91.1 cm³/mol. The van der Waals surface area contributed by atoms with Gasteiger partial charge >= 0.3 is 0 Å². The molecule has 0 aliphatic rings. The second-order valence-electron chi connectivity index (χ2n) is 5.72. The van der Waals surface area contributed by atoms with Gasteiger partial charge in [-0.05, 0) is 24.3 Å². The van der Waals surface area contributed by atoms with Gasteiger partial charge in [0.2, 0.25) is 0 Å². The number of aromatic carboxylic acids is 2. The monoisotopic (exact) mass is 342 g/mol. The Kier molecular flexibility index (Phi) is 3.58. The first-order valence-electron chi connectivity index (χ1n) is 7.77. The smallest absolute Gasteiger partial charge is 0.0901 e. The lowest BCUT2D eigenvalue weighted by atomic mass is 10.0. The number of para-hydroxylation sites is 2. The fraction of sp³-hybridized carbons (Fsp3) is 0. The Bertz CT molecular complexity index is 1110. The average Bonchev–Trinajstić information content (AvgIpc) is 2.66. The summed E-state index contributed by atoms with van der Waals surface area (Å²) < 4.78 is 0. The van der Waals surface area contributed by atoms with Gasteiger partial charge in [-0.2, -0.15) is 0 Å². The molecule has 0 aliphatic carbocycles. The molecule has 126 valence electrons. The Morgan fingerprint density at radius 1 is 0.654 bits per heavy atom. The lowest BCUT2D eigenvalue weighted by molar-refractivity contribution is -0.256. The minimum atomic E-state index is -1.34. The molecule has 2 aromatic carbocycles. The van der Waals surface area contributed by atoms with Crippen LogP contribution in [-0.4, -0.2) is 21.9 Å². The van der Waals surface area contributed by atoms with Crippen LogP contribution in [0.1, 0.15) is 20.7 Å². The Morgan fingerprint density at radius 2 is 1.04 bits per heavy atom. The first kappa shape index (κ1) is 15.7. The molecule has 0 atom stereocenters. The van der Waals surface area contributed by atoms with Crippen LogP contribution in [0.25, 0.3) is 33.2 Å². The summed E-state index contributed by atoms with van der Waals surface area (Å²) in [7, 11) is 0. The van der Waals surface area contributed by atoms with E-state index in [1.54, 1.807) is 48.5 Å². The second kappa shape index (κ2) is 5.93. The summed E-state index contributed by atoms with van der Waals surface area (Å²) in [5.41, 5.74) is 1.33. The van der Waals surface area contributed by atoms with E-state index >= 15 is 0 Å². The molecule has 0 bridgehead atoms. The van der Waals surface area contributed by atoms with E-state index < -0.39 is 11.9 Å². The third-order valence-electron chi connectivity index (χ3n) is 4.13. The highest BCUT2D eigenvalue weighted by Crippen LogP contribution is 2.27. The normalized spacial score (nSPS) is 10.9. The number of carboxylic acid groups (broad SMARTS) is 2. The van der Waals surface area contributed by atoms with E-state index in [0.717, 1.165) is 0 Å². The third-order valence-corrected chi connectivity index (χ3v) is 4.13.